The van der Waals surface area contributed by atoms with Crippen LogP contribution in [0.15, 0.2) is 22.7 Å². The molecule has 0 heterocycles. The zero-order valence-electron chi connectivity index (χ0n) is 11.4. The Labute approximate surface area is 126 Å². The number of hydrogen-bond donors (Lipinski definition) is 1. The first-order valence-electron chi connectivity index (χ1n) is 6.73. The van der Waals surface area contributed by atoms with Gasteiger partial charge in [0.2, 0.25) is 5.91 Å². The van der Waals surface area contributed by atoms with Crippen LogP contribution in [0.5, 0.6) is 0 Å². The van der Waals surface area contributed by atoms with Gasteiger partial charge in [0, 0.05) is 16.9 Å². The maximum atomic E-state index is 12.1. The molecular weight excluding hydrogens is 322 g/mol. The predicted octanol–water partition coefficient (Wildman–Crippen LogP) is 2.77. The van der Waals surface area contributed by atoms with Crippen molar-refractivity contribution in [2.24, 2.45) is 0 Å². The van der Waals surface area contributed by atoms with Gasteiger partial charge in [-0.3, -0.25) is 9.59 Å². The van der Waals surface area contributed by atoms with Crippen LogP contribution >= 0.6 is 15.9 Å². The molecule has 0 aromatic heterocycles. The maximum absolute atomic E-state index is 12.1. The maximum Gasteiger partial charge on any atom is 0.323 e. The Morgan fingerprint density at radius 3 is 2.65 bits per heavy atom. The largest absolute Gasteiger partial charge is 0.480 e. The van der Waals surface area contributed by atoms with Gasteiger partial charge in [0.25, 0.3) is 0 Å². The van der Waals surface area contributed by atoms with E-state index < -0.39 is 5.97 Å². The smallest absolute Gasteiger partial charge is 0.323 e. The summed E-state index contributed by atoms with van der Waals surface area (Å²) in [5, 5.41) is 8.86. The summed E-state index contributed by atoms with van der Waals surface area (Å²) in [4.78, 5) is 24.5. The first-order valence-corrected chi connectivity index (χ1v) is 7.53. The van der Waals surface area contributed by atoms with Crippen molar-refractivity contribution in [3.05, 3.63) is 33.8 Å². The second-order valence-corrected chi connectivity index (χ2v) is 6.08. The molecule has 1 aromatic rings. The van der Waals surface area contributed by atoms with E-state index in [0.29, 0.717) is 12.8 Å². The van der Waals surface area contributed by atoms with Crippen molar-refractivity contribution >= 4 is 27.8 Å². The van der Waals surface area contributed by atoms with Crippen molar-refractivity contribution in [1.29, 1.82) is 0 Å². The monoisotopic (exact) mass is 339 g/mol. The molecule has 0 spiro atoms. The highest BCUT2D eigenvalue weighted by molar-refractivity contribution is 9.10. The molecule has 0 aliphatic heterocycles. The molecule has 108 valence electrons. The summed E-state index contributed by atoms with van der Waals surface area (Å²) in [5.41, 5.74) is 2.24. The minimum Gasteiger partial charge on any atom is -0.480 e. The summed E-state index contributed by atoms with van der Waals surface area (Å²) < 4.78 is 1.05. The highest BCUT2D eigenvalue weighted by Gasteiger charge is 2.33. The molecule has 0 atom stereocenters. The fourth-order valence-corrected chi connectivity index (χ4v) is 2.46. The Morgan fingerprint density at radius 2 is 2.10 bits per heavy atom. The van der Waals surface area contributed by atoms with Gasteiger partial charge in [-0.25, -0.2) is 0 Å². The number of hydrogen-bond acceptors (Lipinski definition) is 2. The molecule has 0 unspecified atom stereocenters. The fraction of sp³-hybridized carbons (Fsp3) is 0.467. The van der Waals surface area contributed by atoms with Crippen LogP contribution in [-0.4, -0.2) is 34.5 Å². The molecule has 0 radical (unpaired) electrons. The number of carbonyl (C=O) groups is 2. The van der Waals surface area contributed by atoms with Gasteiger partial charge in [0.1, 0.15) is 6.54 Å². The van der Waals surface area contributed by atoms with Crippen molar-refractivity contribution < 1.29 is 14.7 Å². The number of aryl methyl sites for hydroxylation is 2. The third-order valence-electron chi connectivity index (χ3n) is 3.46. The normalized spacial score (nSPS) is 14.1. The van der Waals surface area contributed by atoms with E-state index in [2.05, 4.69) is 22.0 Å². The van der Waals surface area contributed by atoms with Crippen LogP contribution in [-0.2, 0) is 16.0 Å². The van der Waals surface area contributed by atoms with Gasteiger partial charge in [-0.2, -0.15) is 0 Å². The van der Waals surface area contributed by atoms with Crippen molar-refractivity contribution in [1.82, 2.24) is 4.90 Å². The van der Waals surface area contributed by atoms with E-state index in [1.807, 2.05) is 19.1 Å². The van der Waals surface area contributed by atoms with E-state index in [0.717, 1.165) is 28.4 Å². The van der Waals surface area contributed by atoms with E-state index >= 15 is 0 Å². The molecule has 1 aromatic carbocycles. The summed E-state index contributed by atoms with van der Waals surface area (Å²) in [6, 6.07) is 6.16. The highest BCUT2D eigenvalue weighted by atomic mass is 79.9. The third-order valence-corrected chi connectivity index (χ3v) is 4.35. The zero-order chi connectivity index (χ0) is 14.7. The molecule has 1 N–H and O–H groups in total. The van der Waals surface area contributed by atoms with Crippen LogP contribution in [0.4, 0.5) is 0 Å². The molecule has 0 bridgehead atoms. The fourth-order valence-electron chi connectivity index (χ4n) is 2.21. The highest BCUT2D eigenvalue weighted by Crippen LogP contribution is 2.27. The number of carboxylic acids is 1. The zero-order valence-corrected chi connectivity index (χ0v) is 13.0. The van der Waals surface area contributed by atoms with Gasteiger partial charge >= 0.3 is 5.97 Å². The minimum atomic E-state index is -0.940. The SMILES string of the molecule is Cc1cc(CCC(=O)N(CC(=O)O)C2CC2)ccc1Br. The Bertz CT molecular complexity index is 526. The topological polar surface area (TPSA) is 57.6 Å². The summed E-state index contributed by atoms with van der Waals surface area (Å²) >= 11 is 3.45. The van der Waals surface area contributed by atoms with Gasteiger partial charge in [-0.05, 0) is 43.4 Å². The summed E-state index contributed by atoms with van der Waals surface area (Å²) in [5.74, 6) is -1.000. The lowest BCUT2D eigenvalue weighted by molar-refractivity contribution is -0.144. The molecule has 2 rings (SSSR count). The van der Waals surface area contributed by atoms with Gasteiger partial charge in [0.05, 0.1) is 0 Å². The van der Waals surface area contributed by atoms with E-state index in [4.69, 9.17) is 5.11 Å². The first kappa shape index (κ1) is 15.0. The number of halogens is 1. The predicted molar refractivity (Wildman–Crippen MR) is 79.6 cm³/mol. The van der Waals surface area contributed by atoms with Crippen LogP contribution < -0.4 is 0 Å². The molecule has 1 aliphatic rings. The van der Waals surface area contributed by atoms with Crippen LogP contribution in [0, 0.1) is 6.92 Å². The lowest BCUT2D eigenvalue weighted by Gasteiger charge is -2.20. The molecule has 5 heteroatoms. The van der Waals surface area contributed by atoms with Gasteiger partial charge in [-0.1, -0.05) is 28.1 Å². The number of amides is 1. The second kappa shape index (κ2) is 6.39. The molecule has 20 heavy (non-hydrogen) atoms. The number of nitrogens with zero attached hydrogens (tertiary/aromatic N) is 1. The minimum absolute atomic E-state index is 0.0597. The van der Waals surface area contributed by atoms with Crippen molar-refractivity contribution in [2.45, 2.75) is 38.6 Å². The average Bonchev–Trinajstić information content (AvgIpc) is 3.21. The molecule has 1 fully saturated rings. The average molecular weight is 340 g/mol. The Hall–Kier alpha value is -1.36. The summed E-state index contributed by atoms with van der Waals surface area (Å²) in [6.45, 7) is 1.83. The quantitative estimate of drug-likeness (QED) is 0.866. The molecular formula is C15H18BrNO3. The first-order chi connectivity index (χ1) is 9.47. The van der Waals surface area contributed by atoms with Gasteiger partial charge in [-0.15, -0.1) is 0 Å². The van der Waals surface area contributed by atoms with Crippen LogP contribution in [0.25, 0.3) is 0 Å². The molecule has 1 amide bonds. The Balaban J connectivity index is 1.92. The van der Waals surface area contributed by atoms with E-state index in [9.17, 15) is 9.59 Å². The lowest BCUT2D eigenvalue weighted by Crippen LogP contribution is -2.37. The lowest BCUT2D eigenvalue weighted by atomic mass is 10.1. The molecule has 1 saturated carbocycles. The van der Waals surface area contributed by atoms with Gasteiger partial charge in [0.15, 0.2) is 0 Å². The van der Waals surface area contributed by atoms with E-state index in [1.165, 1.54) is 4.90 Å². The number of carbonyl (C=O) groups excluding carboxylic acids is 1. The third kappa shape index (κ3) is 4.07. The van der Waals surface area contributed by atoms with Crippen molar-refractivity contribution in [3.8, 4) is 0 Å². The van der Waals surface area contributed by atoms with Gasteiger partial charge < -0.3 is 10.0 Å². The van der Waals surface area contributed by atoms with E-state index in [-0.39, 0.29) is 18.5 Å². The Morgan fingerprint density at radius 1 is 1.40 bits per heavy atom. The summed E-state index contributed by atoms with van der Waals surface area (Å²) in [6.07, 6.45) is 2.87. The van der Waals surface area contributed by atoms with Crippen LogP contribution in [0.1, 0.15) is 30.4 Å². The van der Waals surface area contributed by atoms with Crippen LogP contribution in [0.3, 0.4) is 0 Å². The second-order valence-electron chi connectivity index (χ2n) is 5.23. The molecule has 1 aliphatic carbocycles. The molecule has 4 nitrogen and oxygen atoms in total. The number of carboxylic acid groups (broad SMARTS) is 1. The number of rotatable bonds is 6. The Kier molecular flexibility index (Phi) is 4.81. The van der Waals surface area contributed by atoms with Crippen molar-refractivity contribution in [3.63, 3.8) is 0 Å². The number of benzene rings is 1. The van der Waals surface area contributed by atoms with Crippen molar-refractivity contribution in [2.75, 3.05) is 6.54 Å². The van der Waals surface area contributed by atoms with Crippen LogP contribution in [0.2, 0.25) is 0 Å². The van der Waals surface area contributed by atoms with E-state index in [1.54, 1.807) is 0 Å². The standard InChI is InChI=1S/C15H18BrNO3/c1-10-8-11(2-6-13(10)16)3-7-14(18)17(9-15(19)20)12-4-5-12/h2,6,8,12H,3-5,7,9H2,1H3,(H,19,20). The number of aliphatic carboxylic acids is 1. The molecule has 0 saturated heterocycles. The summed E-state index contributed by atoms with van der Waals surface area (Å²) in [7, 11) is 0.